The molecule has 3 aromatic rings. The van der Waals surface area contributed by atoms with Crippen LogP contribution in [0.4, 0.5) is 0 Å². The highest BCUT2D eigenvalue weighted by molar-refractivity contribution is 6.30. The molecule has 6 heteroatoms. The van der Waals surface area contributed by atoms with Crippen molar-refractivity contribution < 1.29 is 4.79 Å². The zero-order valence-corrected chi connectivity index (χ0v) is 14.8. The molecule has 0 saturated carbocycles. The first-order valence-corrected chi connectivity index (χ1v) is 8.87. The lowest BCUT2D eigenvalue weighted by Crippen LogP contribution is -2.23. The molecule has 1 aliphatic rings. The van der Waals surface area contributed by atoms with Crippen LogP contribution < -0.4 is 5.32 Å². The molecule has 0 bridgehead atoms. The Hall–Kier alpha value is -2.40. The van der Waals surface area contributed by atoms with Crippen molar-refractivity contribution in [1.29, 1.82) is 0 Å². The first kappa shape index (κ1) is 16.1. The Balaban J connectivity index is 1.58. The number of benzene rings is 1. The largest absolute Gasteiger partial charge is 0.348 e. The van der Waals surface area contributed by atoms with E-state index in [1.807, 2.05) is 35.0 Å². The topological polar surface area (TPSA) is 59.3 Å². The van der Waals surface area contributed by atoms with Gasteiger partial charge in [0.25, 0.3) is 5.91 Å². The van der Waals surface area contributed by atoms with Crippen LogP contribution in [0.3, 0.4) is 0 Å². The van der Waals surface area contributed by atoms with Crippen molar-refractivity contribution in [2.24, 2.45) is 5.92 Å². The second-order valence-corrected chi connectivity index (χ2v) is 7.12. The van der Waals surface area contributed by atoms with Crippen LogP contribution in [-0.2, 0) is 19.4 Å². The van der Waals surface area contributed by atoms with Crippen molar-refractivity contribution in [2.45, 2.75) is 32.7 Å². The van der Waals surface area contributed by atoms with Gasteiger partial charge in [-0.05, 0) is 48.4 Å². The van der Waals surface area contributed by atoms with Crippen LogP contribution in [0.5, 0.6) is 0 Å². The molecule has 0 spiro atoms. The average Bonchev–Trinajstić information content (AvgIpc) is 3.04. The molecule has 2 heterocycles. The summed E-state index contributed by atoms with van der Waals surface area (Å²) in [5.41, 5.74) is 4.49. The first-order chi connectivity index (χ1) is 12.1. The fraction of sp³-hybridized carbons (Fsp3) is 0.316. The van der Waals surface area contributed by atoms with Crippen LogP contribution >= 0.6 is 11.6 Å². The van der Waals surface area contributed by atoms with Crippen molar-refractivity contribution >= 4 is 23.2 Å². The molecule has 1 aliphatic carbocycles. The van der Waals surface area contributed by atoms with Gasteiger partial charge in [0.15, 0.2) is 5.65 Å². The van der Waals surface area contributed by atoms with Gasteiger partial charge in [-0.3, -0.25) is 4.79 Å². The maximum Gasteiger partial charge on any atom is 0.257 e. The van der Waals surface area contributed by atoms with Crippen molar-refractivity contribution in [3.05, 3.63) is 64.1 Å². The minimum Gasteiger partial charge on any atom is -0.348 e. The molecule has 0 radical (unpaired) electrons. The Labute approximate surface area is 151 Å². The summed E-state index contributed by atoms with van der Waals surface area (Å²) in [5.74, 6) is 0.495. The Morgan fingerprint density at radius 3 is 3.12 bits per heavy atom. The normalized spacial score (nSPS) is 16.6. The maximum absolute atomic E-state index is 12.6. The fourth-order valence-corrected chi connectivity index (χ4v) is 3.61. The van der Waals surface area contributed by atoms with E-state index in [-0.39, 0.29) is 5.91 Å². The Morgan fingerprint density at radius 1 is 1.40 bits per heavy atom. The van der Waals surface area contributed by atoms with E-state index in [0.29, 0.717) is 28.7 Å². The summed E-state index contributed by atoms with van der Waals surface area (Å²) >= 11 is 5.98. The van der Waals surface area contributed by atoms with Crippen molar-refractivity contribution in [3.8, 4) is 0 Å². The number of amides is 1. The SMILES string of the molecule is CC1CCc2c(cnc3c(C(=O)NCc4cccc(Cl)c4)cnn23)C1. The summed E-state index contributed by atoms with van der Waals surface area (Å²) in [7, 11) is 0. The van der Waals surface area contributed by atoms with Crippen LogP contribution in [0.25, 0.3) is 5.65 Å². The zero-order valence-electron chi connectivity index (χ0n) is 14.0. The number of fused-ring (bicyclic) bond motifs is 3. The van der Waals surface area contributed by atoms with Crippen LogP contribution in [0, 0.1) is 5.92 Å². The van der Waals surface area contributed by atoms with Crippen molar-refractivity contribution in [1.82, 2.24) is 19.9 Å². The third kappa shape index (κ3) is 3.12. The number of rotatable bonds is 3. The Bertz CT molecular complexity index is 950. The van der Waals surface area contributed by atoms with Crippen molar-refractivity contribution in [2.75, 3.05) is 0 Å². The number of carbonyl (C=O) groups is 1. The Kier molecular flexibility index (Phi) is 4.17. The number of aromatic nitrogens is 3. The predicted molar refractivity (Wildman–Crippen MR) is 96.8 cm³/mol. The number of halogens is 1. The smallest absolute Gasteiger partial charge is 0.257 e. The van der Waals surface area contributed by atoms with E-state index in [9.17, 15) is 4.79 Å². The first-order valence-electron chi connectivity index (χ1n) is 8.49. The van der Waals surface area contributed by atoms with E-state index in [0.717, 1.165) is 24.8 Å². The van der Waals surface area contributed by atoms with Gasteiger partial charge < -0.3 is 5.32 Å². The van der Waals surface area contributed by atoms with E-state index in [1.165, 1.54) is 11.3 Å². The standard InChI is InChI=1S/C19H19ClN4O/c1-12-5-6-17-14(7-12)10-21-18-16(11-23-24(17)18)19(25)22-9-13-3-2-4-15(20)8-13/h2-4,8,10-12H,5-7,9H2,1H3,(H,22,25). The molecule has 25 heavy (non-hydrogen) atoms. The molecule has 4 rings (SSSR count). The van der Waals surface area contributed by atoms with Gasteiger partial charge in [0.1, 0.15) is 5.56 Å². The van der Waals surface area contributed by atoms with Gasteiger partial charge in [0.2, 0.25) is 0 Å². The summed E-state index contributed by atoms with van der Waals surface area (Å²) in [5, 5.41) is 7.99. The number of aryl methyl sites for hydroxylation is 1. The summed E-state index contributed by atoms with van der Waals surface area (Å²) in [6.45, 7) is 2.67. The summed E-state index contributed by atoms with van der Waals surface area (Å²) in [6, 6.07) is 7.45. The summed E-state index contributed by atoms with van der Waals surface area (Å²) in [4.78, 5) is 17.1. The molecule has 1 N–H and O–H groups in total. The second kappa shape index (κ2) is 6.48. The van der Waals surface area contributed by atoms with Gasteiger partial charge in [-0.2, -0.15) is 5.10 Å². The minimum absolute atomic E-state index is 0.174. The van der Waals surface area contributed by atoms with Gasteiger partial charge >= 0.3 is 0 Å². The number of carbonyl (C=O) groups excluding carboxylic acids is 1. The average molecular weight is 355 g/mol. The van der Waals surface area contributed by atoms with Gasteiger partial charge in [0.05, 0.1) is 6.20 Å². The van der Waals surface area contributed by atoms with Crippen molar-refractivity contribution in [3.63, 3.8) is 0 Å². The number of hydrogen-bond acceptors (Lipinski definition) is 3. The Morgan fingerprint density at radius 2 is 2.28 bits per heavy atom. The van der Waals surface area contributed by atoms with Crippen LogP contribution in [-0.4, -0.2) is 20.5 Å². The second-order valence-electron chi connectivity index (χ2n) is 6.68. The maximum atomic E-state index is 12.6. The molecule has 0 saturated heterocycles. The van der Waals surface area contributed by atoms with E-state index >= 15 is 0 Å². The summed E-state index contributed by atoms with van der Waals surface area (Å²) < 4.78 is 1.83. The van der Waals surface area contributed by atoms with Crippen LogP contribution in [0.15, 0.2) is 36.7 Å². The predicted octanol–water partition coefficient (Wildman–Crippen LogP) is 3.44. The van der Waals surface area contributed by atoms with Crippen LogP contribution in [0.2, 0.25) is 5.02 Å². The van der Waals surface area contributed by atoms with Crippen LogP contribution in [0.1, 0.15) is 40.5 Å². The van der Waals surface area contributed by atoms with Gasteiger partial charge in [-0.25, -0.2) is 9.50 Å². The molecule has 1 aromatic carbocycles. The lowest BCUT2D eigenvalue weighted by atomic mass is 9.89. The van der Waals surface area contributed by atoms with E-state index in [2.05, 4.69) is 22.3 Å². The lowest BCUT2D eigenvalue weighted by Gasteiger charge is -2.21. The van der Waals surface area contributed by atoms with E-state index < -0.39 is 0 Å². The molecule has 5 nitrogen and oxygen atoms in total. The number of nitrogens with one attached hydrogen (secondary N) is 1. The lowest BCUT2D eigenvalue weighted by molar-refractivity contribution is 0.0952. The molecule has 1 amide bonds. The quantitative estimate of drug-likeness (QED) is 0.783. The monoisotopic (exact) mass is 354 g/mol. The van der Waals surface area contributed by atoms with Gasteiger partial charge in [0, 0.05) is 23.5 Å². The molecule has 128 valence electrons. The third-order valence-corrected chi connectivity index (χ3v) is 4.98. The molecular weight excluding hydrogens is 336 g/mol. The highest BCUT2D eigenvalue weighted by Crippen LogP contribution is 2.25. The van der Waals surface area contributed by atoms with Gasteiger partial charge in [-0.15, -0.1) is 0 Å². The number of hydrogen-bond donors (Lipinski definition) is 1. The third-order valence-electron chi connectivity index (χ3n) is 4.74. The van der Waals surface area contributed by atoms with E-state index in [1.54, 1.807) is 6.20 Å². The summed E-state index contributed by atoms with van der Waals surface area (Å²) in [6.07, 6.45) is 6.64. The molecule has 1 unspecified atom stereocenters. The molecule has 0 fully saturated rings. The molecule has 1 atom stereocenters. The highest BCUT2D eigenvalue weighted by Gasteiger charge is 2.21. The number of nitrogens with zero attached hydrogens (tertiary/aromatic N) is 3. The fourth-order valence-electron chi connectivity index (χ4n) is 3.40. The van der Waals surface area contributed by atoms with Gasteiger partial charge in [-0.1, -0.05) is 30.7 Å². The molecule has 2 aromatic heterocycles. The minimum atomic E-state index is -0.174. The highest BCUT2D eigenvalue weighted by atomic mass is 35.5. The molecular formula is C19H19ClN4O. The van der Waals surface area contributed by atoms with E-state index in [4.69, 9.17) is 11.6 Å². The zero-order chi connectivity index (χ0) is 17.4. The molecule has 0 aliphatic heterocycles.